The fourth-order valence-corrected chi connectivity index (χ4v) is 6.45. The number of hydrogen-bond acceptors (Lipinski definition) is 3. The van der Waals surface area contributed by atoms with E-state index in [4.69, 9.17) is 0 Å². The van der Waals surface area contributed by atoms with Crippen molar-refractivity contribution in [3.05, 3.63) is 12.2 Å². The number of nitrogens with zero attached hydrogens (tertiary/aromatic N) is 1. The number of allylic oxidation sites excluding steroid dienone is 2. The molecule has 0 rings (SSSR count). The molecule has 0 aliphatic rings. The standard InChI is InChI=1S/C37H69NO6/c1-5-9-10-11-12-13-14-15-16-17-18-19-20-21-22-23-24-25-26-27-28-38(29-32(6-2)35(39)40,30-33(7-3)36(41)42)31-34(8-4)37(43)44/h18-19,32-34H,5-17,20-31H2,1-4H3,(H2-,39,40,41,42,43,44)/p+1/b19-18+. The molecule has 7 nitrogen and oxygen atoms in total. The second kappa shape index (κ2) is 27.4. The number of unbranched alkanes of at least 4 members (excludes halogenated alkanes) is 16. The molecule has 0 aromatic rings. The van der Waals surface area contributed by atoms with Gasteiger partial charge in [-0.3, -0.25) is 14.4 Å². The fraction of sp³-hybridized carbons (Fsp3) is 0.865. The van der Waals surface area contributed by atoms with Gasteiger partial charge in [-0.15, -0.1) is 0 Å². The van der Waals surface area contributed by atoms with Gasteiger partial charge < -0.3 is 19.8 Å². The highest BCUT2D eigenvalue weighted by Crippen LogP contribution is 2.25. The molecule has 3 unspecified atom stereocenters. The molecule has 0 heterocycles. The van der Waals surface area contributed by atoms with Crippen molar-refractivity contribution >= 4 is 17.9 Å². The molecule has 0 spiro atoms. The molecule has 0 radical (unpaired) electrons. The molecule has 44 heavy (non-hydrogen) atoms. The Hall–Kier alpha value is -1.89. The summed E-state index contributed by atoms with van der Waals surface area (Å²) >= 11 is 0. The summed E-state index contributed by atoms with van der Waals surface area (Å²) in [5, 5.41) is 29.5. The molecule has 3 N–H and O–H groups in total. The molecule has 0 saturated carbocycles. The number of carboxylic acid groups (broad SMARTS) is 3. The van der Waals surface area contributed by atoms with E-state index in [1.807, 2.05) is 20.8 Å². The van der Waals surface area contributed by atoms with Crippen LogP contribution >= 0.6 is 0 Å². The molecule has 0 saturated heterocycles. The van der Waals surface area contributed by atoms with Crippen LogP contribution in [0.2, 0.25) is 0 Å². The average molecular weight is 625 g/mol. The van der Waals surface area contributed by atoms with E-state index in [9.17, 15) is 29.7 Å². The molecule has 0 amide bonds. The molecule has 3 atom stereocenters. The zero-order valence-corrected chi connectivity index (χ0v) is 29.1. The van der Waals surface area contributed by atoms with Crippen molar-refractivity contribution in [2.45, 2.75) is 163 Å². The molecular formula is C37H70NO6+. The van der Waals surface area contributed by atoms with Gasteiger partial charge in [0.25, 0.3) is 0 Å². The van der Waals surface area contributed by atoms with Gasteiger partial charge in [0.1, 0.15) is 17.8 Å². The van der Waals surface area contributed by atoms with Crippen molar-refractivity contribution in [2.24, 2.45) is 17.8 Å². The minimum Gasteiger partial charge on any atom is -0.481 e. The Kier molecular flexibility index (Phi) is 26.2. The molecule has 0 aromatic carbocycles. The van der Waals surface area contributed by atoms with Crippen molar-refractivity contribution < 1.29 is 34.2 Å². The summed E-state index contributed by atoms with van der Waals surface area (Å²) < 4.78 is 0.256. The summed E-state index contributed by atoms with van der Waals surface area (Å²) in [6.45, 7) is 9.26. The highest BCUT2D eigenvalue weighted by atomic mass is 16.4. The van der Waals surface area contributed by atoms with Gasteiger partial charge in [-0.2, -0.15) is 0 Å². The smallest absolute Gasteiger partial charge is 0.312 e. The minimum absolute atomic E-state index is 0.256. The van der Waals surface area contributed by atoms with Gasteiger partial charge in [0, 0.05) is 0 Å². The van der Waals surface area contributed by atoms with Crippen LogP contribution in [0.15, 0.2) is 12.2 Å². The third-order valence-corrected chi connectivity index (χ3v) is 9.49. The lowest BCUT2D eigenvalue weighted by Crippen LogP contribution is -2.58. The Balaban J connectivity index is 4.59. The number of carboxylic acids is 3. The lowest BCUT2D eigenvalue weighted by Gasteiger charge is -2.43. The Morgan fingerprint density at radius 2 is 0.773 bits per heavy atom. The third-order valence-electron chi connectivity index (χ3n) is 9.49. The van der Waals surface area contributed by atoms with Crippen molar-refractivity contribution in [3.63, 3.8) is 0 Å². The third kappa shape index (κ3) is 21.0. The van der Waals surface area contributed by atoms with Crippen LogP contribution in [0, 0.1) is 17.8 Å². The molecule has 0 fully saturated rings. The second-order valence-electron chi connectivity index (χ2n) is 13.3. The molecule has 0 aliphatic heterocycles. The van der Waals surface area contributed by atoms with Crippen molar-refractivity contribution in [1.82, 2.24) is 0 Å². The van der Waals surface area contributed by atoms with Crippen LogP contribution < -0.4 is 0 Å². The van der Waals surface area contributed by atoms with Crippen LogP contribution in [0.1, 0.15) is 163 Å². The molecule has 0 aromatic heterocycles. The SMILES string of the molecule is CCCCCCCCCCC/C=C/CCCCCCCCC[N+](CC(CC)C(=O)O)(CC(CC)C(=O)O)CC(CC)C(=O)O. The van der Waals surface area contributed by atoms with Gasteiger partial charge in [0.05, 0.1) is 26.2 Å². The quantitative estimate of drug-likeness (QED) is 0.0390. The molecule has 0 aliphatic carbocycles. The highest BCUT2D eigenvalue weighted by molar-refractivity contribution is 5.71. The largest absolute Gasteiger partial charge is 0.481 e. The van der Waals surface area contributed by atoms with Gasteiger partial charge in [-0.1, -0.05) is 117 Å². The highest BCUT2D eigenvalue weighted by Gasteiger charge is 2.40. The number of aliphatic carboxylic acids is 3. The first-order valence-electron chi connectivity index (χ1n) is 18.3. The van der Waals surface area contributed by atoms with Crippen LogP contribution in [0.25, 0.3) is 0 Å². The van der Waals surface area contributed by atoms with E-state index in [2.05, 4.69) is 19.1 Å². The van der Waals surface area contributed by atoms with E-state index in [1.54, 1.807) is 0 Å². The number of hydrogen-bond donors (Lipinski definition) is 3. The zero-order valence-electron chi connectivity index (χ0n) is 29.1. The van der Waals surface area contributed by atoms with Crippen molar-refractivity contribution in [1.29, 1.82) is 0 Å². The number of quaternary nitrogens is 1. The number of rotatable bonds is 32. The summed E-state index contributed by atoms with van der Waals surface area (Å²) in [7, 11) is 0. The molecular weight excluding hydrogens is 554 g/mol. The van der Waals surface area contributed by atoms with E-state index < -0.39 is 35.7 Å². The lowest BCUT2D eigenvalue weighted by atomic mass is 9.95. The maximum absolute atomic E-state index is 12.0. The normalized spacial score (nSPS) is 15.2. The topological polar surface area (TPSA) is 112 Å². The minimum atomic E-state index is -0.889. The molecule has 0 bridgehead atoms. The van der Waals surface area contributed by atoms with Gasteiger partial charge in [0.2, 0.25) is 0 Å². The Bertz CT molecular complexity index is 707. The maximum atomic E-state index is 12.0. The number of carbonyl (C=O) groups is 3. The summed E-state index contributed by atoms with van der Waals surface area (Å²) in [5.41, 5.74) is 0. The Morgan fingerprint density at radius 3 is 1.07 bits per heavy atom. The zero-order chi connectivity index (χ0) is 33.1. The second-order valence-corrected chi connectivity index (χ2v) is 13.3. The maximum Gasteiger partial charge on any atom is 0.312 e. The van der Waals surface area contributed by atoms with E-state index >= 15 is 0 Å². The van der Waals surface area contributed by atoms with Crippen LogP contribution in [0.5, 0.6) is 0 Å². The van der Waals surface area contributed by atoms with Crippen molar-refractivity contribution in [2.75, 3.05) is 26.2 Å². The van der Waals surface area contributed by atoms with Gasteiger partial charge in [-0.25, -0.2) is 0 Å². The van der Waals surface area contributed by atoms with Crippen LogP contribution in [0.3, 0.4) is 0 Å². The van der Waals surface area contributed by atoms with Crippen LogP contribution in [-0.4, -0.2) is 63.9 Å². The van der Waals surface area contributed by atoms with Crippen molar-refractivity contribution in [3.8, 4) is 0 Å². The van der Waals surface area contributed by atoms with E-state index in [0.717, 1.165) is 32.1 Å². The first-order valence-corrected chi connectivity index (χ1v) is 18.3. The average Bonchev–Trinajstić information content (AvgIpc) is 2.99. The predicted molar refractivity (Wildman–Crippen MR) is 182 cm³/mol. The predicted octanol–water partition coefficient (Wildman–Crippen LogP) is 9.73. The Labute approximate surface area is 270 Å². The van der Waals surface area contributed by atoms with Crippen LogP contribution in [0.4, 0.5) is 0 Å². The summed E-state index contributed by atoms with van der Waals surface area (Å²) in [6, 6.07) is 0. The van der Waals surface area contributed by atoms with E-state index in [-0.39, 0.29) is 24.1 Å². The summed E-state index contributed by atoms with van der Waals surface area (Å²) in [6.07, 6.45) is 28.5. The monoisotopic (exact) mass is 625 g/mol. The van der Waals surface area contributed by atoms with Gasteiger partial charge in [-0.05, 0) is 57.8 Å². The first kappa shape index (κ1) is 42.1. The van der Waals surface area contributed by atoms with Gasteiger partial charge >= 0.3 is 17.9 Å². The van der Waals surface area contributed by atoms with Crippen LogP contribution in [-0.2, 0) is 14.4 Å². The summed E-state index contributed by atoms with van der Waals surface area (Å²) in [4.78, 5) is 36.0. The lowest BCUT2D eigenvalue weighted by molar-refractivity contribution is -0.935. The fourth-order valence-electron chi connectivity index (χ4n) is 6.45. The van der Waals surface area contributed by atoms with Gasteiger partial charge in [0.15, 0.2) is 0 Å². The first-order chi connectivity index (χ1) is 21.2. The van der Waals surface area contributed by atoms with E-state index in [1.165, 1.54) is 83.5 Å². The Morgan fingerprint density at radius 1 is 0.477 bits per heavy atom. The summed E-state index contributed by atoms with van der Waals surface area (Å²) in [5.74, 6) is -4.52. The van der Waals surface area contributed by atoms with E-state index in [0.29, 0.717) is 25.8 Å². The molecule has 258 valence electrons. The molecule has 7 heteroatoms.